The van der Waals surface area contributed by atoms with Crippen LogP contribution in [0.3, 0.4) is 0 Å². The quantitative estimate of drug-likeness (QED) is 0.825. The highest BCUT2D eigenvalue weighted by Gasteiger charge is 2.37. The topological polar surface area (TPSA) is 54.0 Å². The van der Waals surface area contributed by atoms with Gasteiger partial charge < -0.3 is 10.6 Å². The van der Waals surface area contributed by atoms with Crippen molar-refractivity contribution in [2.45, 2.75) is 32.7 Å². The van der Waals surface area contributed by atoms with Crippen LogP contribution in [0.25, 0.3) is 0 Å². The van der Waals surface area contributed by atoms with Crippen LogP contribution in [0.2, 0.25) is 0 Å². The Morgan fingerprint density at radius 1 is 1.61 bits per heavy atom. The zero-order valence-electron chi connectivity index (χ0n) is 10.7. The monoisotopic (exact) mass is 311 g/mol. The van der Waals surface area contributed by atoms with Crippen molar-refractivity contribution in [2.24, 2.45) is 5.41 Å². The minimum absolute atomic E-state index is 0.00778. The minimum Gasteiger partial charge on any atom is -0.322 e. The first-order chi connectivity index (χ1) is 8.50. The maximum absolute atomic E-state index is 12.3. The van der Waals surface area contributed by atoms with Gasteiger partial charge in [0.05, 0.1) is 11.7 Å². The predicted octanol–water partition coefficient (Wildman–Crippen LogP) is 2.56. The first-order valence-corrected chi connectivity index (χ1v) is 6.95. The summed E-state index contributed by atoms with van der Waals surface area (Å²) in [4.78, 5) is 16.4. The molecule has 98 valence electrons. The van der Waals surface area contributed by atoms with Crippen molar-refractivity contribution in [1.29, 1.82) is 0 Å². The van der Waals surface area contributed by atoms with E-state index in [1.807, 2.05) is 6.07 Å². The molecule has 1 aliphatic heterocycles. The number of nitrogens with zero attached hydrogens (tertiary/aromatic N) is 1. The van der Waals surface area contributed by atoms with Crippen molar-refractivity contribution < 1.29 is 4.79 Å². The van der Waals surface area contributed by atoms with Crippen molar-refractivity contribution in [3.63, 3.8) is 0 Å². The number of hydrogen-bond acceptors (Lipinski definition) is 3. The molecular weight excluding hydrogens is 294 g/mol. The molecule has 1 amide bonds. The molecule has 0 radical (unpaired) electrons. The summed E-state index contributed by atoms with van der Waals surface area (Å²) in [5.41, 5.74) is 0.697. The SMILES string of the molecule is CC1(C)CCCNC1C(=O)Nc1cccnc1Br. The van der Waals surface area contributed by atoms with E-state index in [1.54, 1.807) is 12.3 Å². The molecule has 5 heteroatoms. The molecular formula is C13H18BrN3O. The molecule has 2 rings (SSSR count). The van der Waals surface area contributed by atoms with E-state index in [9.17, 15) is 4.79 Å². The van der Waals surface area contributed by atoms with Gasteiger partial charge in [-0.25, -0.2) is 4.98 Å². The highest BCUT2D eigenvalue weighted by Crippen LogP contribution is 2.31. The molecule has 4 nitrogen and oxygen atoms in total. The van der Waals surface area contributed by atoms with Crippen molar-refractivity contribution >= 4 is 27.5 Å². The second-order valence-corrected chi connectivity index (χ2v) is 6.06. The van der Waals surface area contributed by atoms with Crippen LogP contribution in [0.1, 0.15) is 26.7 Å². The van der Waals surface area contributed by atoms with E-state index in [4.69, 9.17) is 0 Å². The van der Waals surface area contributed by atoms with Crippen molar-refractivity contribution in [3.8, 4) is 0 Å². The van der Waals surface area contributed by atoms with Gasteiger partial charge in [-0.3, -0.25) is 4.79 Å². The number of hydrogen-bond donors (Lipinski definition) is 2. The van der Waals surface area contributed by atoms with Gasteiger partial charge in [-0.1, -0.05) is 13.8 Å². The van der Waals surface area contributed by atoms with E-state index < -0.39 is 0 Å². The molecule has 0 saturated carbocycles. The molecule has 1 aromatic heterocycles. The smallest absolute Gasteiger partial charge is 0.242 e. The van der Waals surface area contributed by atoms with Crippen LogP contribution in [0.5, 0.6) is 0 Å². The van der Waals surface area contributed by atoms with E-state index in [0.717, 1.165) is 19.4 Å². The molecule has 0 aromatic carbocycles. The summed E-state index contributed by atoms with van der Waals surface area (Å²) in [6, 6.07) is 3.49. The molecule has 1 atom stereocenters. The van der Waals surface area contributed by atoms with Gasteiger partial charge >= 0.3 is 0 Å². The molecule has 2 heterocycles. The highest BCUT2D eigenvalue weighted by atomic mass is 79.9. The molecule has 18 heavy (non-hydrogen) atoms. The van der Waals surface area contributed by atoms with Gasteiger partial charge in [-0.05, 0) is 52.9 Å². The van der Waals surface area contributed by atoms with Gasteiger partial charge in [0.15, 0.2) is 0 Å². The number of anilines is 1. The fraction of sp³-hybridized carbons (Fsp3) is 0.538. The van der Waals surface area contributed by atoms with E-state index in [2.05, 4.69) is 45.4 Å². The average Bonchev–Trinajstić information content (AvgIpc) is 2.31. The lowest BCUT2D eigenvalue weighted by atomic mass is 9.77. The van der Waals surface area contributed by atoms with Gasteiger partial charge in [-0.15, -0.1) is 0 Å². The van der Waals surface area contributed by atoms with E-state index in [-0.39, 0.29) is 17.4 Å². The fourth-order valence-corrected chi connectivity index (χ4v) is 2.69. The number of piperidine rings is 1. The molecule has 1 aromatic rings. The lowest BCUT2D eigenvalue weighted by Crippen LogP contribution is -2.53. The van der Waals surface area contributed by atoms with Crippen LogP contribution in [-0.4, -0.2) is 23.5 Å². The van der Waals surface area contributed by atoms with E-state index in [1.165, 1.54) is 0 Å². The zero-order chi connectivity index (χ0) is 13.2. The molecule has 1 fully saturated rings. The third-order valence-corrected chi connectivity index (χ3v) is 4.04. The second kappa shape index (κ2) is 5.36. The maximum Gasteiger partial charge on any atom is 0.242 e. The first kappa shape index (κ1) is 13.5. The number of halogens is 1. The number of carbonyl (C=O) groups excluding carboxylic acids is 1. The largest absolute Gasteiger partial charge is 0.322 e. The number of amides is 1. The van der Waals surface area contributed by atoms with Crippen LogP contribution < -0.4 is 10.6 Å². The molecule has 0 bridgehead atoms. The van der Waals surface area contributed by atoms with E-state index in [0.29, 0.717) is 10.3 Å². The standard InChI is InChI=1S/C13H18BrN3O/c1-13(2)6-4-8-15-10(13)12(18)17-9-5-3-7-16-11(9)14/h3,5,7,10,15H,4,6,8H2,1-2H3,(H,17,18). The van der Waals surface area contributed by atoms with Gasteiger partial charge in [0, 0.05) is 6.20 Å². The lowest BCUT2D eigenvalue weighted by Gasteiger charge is -2.38. The summed E-state index contributed by atoms with van der Waals surface area (Å²) in [5.74, 6) is 0.00778. The molecule has 1 saturated heterocycles. The number of aromatic nitrogens is 1. The van der Waals surface area contributed by atoms with Crippen LogP contribution in [-0.2, 0) is 4.79 Å². The van der Waals surface area contributed by atoms with Crippen LogP contribution in [0.4, 0.5) is 5.69 Å². The Hall–Kier alpha value is -0.940. The van der Waals surface area contributed by atoms with Crippen molar-refractivity contribution in [1.82, 2.24) is 10.3 Å². The average molecular weight is 312 g/mol. The van der Waals surface area contributed by atoms with Crippen LogP contribution in [0.15, 0.2) is 22.9 Å². The third kappa shape index (κ3) is 2.90. The highest BCUT2D eigenvalue weighted by molar-refractivity contribution is 9.10. The Bertz CT molecular complexity index is 448. The van der Waals surface area contributed by atoms with Crippen molar-refractivity contribution in [2.75, 3.05) is 11.9 Å². The zero-order valence-corrected chi connectivity index (χ0v) is 12.3. The Morgan fingerprint density at radius 3 is 3.06 bits per heavy atom. The summed E-state index contributed by atoms with van der Waals surface area (Å²) in [6.45, 7) is 5.15. The Kier molecular flexibility index (Phi) is 4.02. The normalized spacial score (nSPS) is 22.5. The summed E-state index contributed by atoms with van der Waals surface area (Å²) < 4.78 is 0.659. The molecule has 0 aliphatic carbocycles. The molecule has 0 spiro atoms. The minimum atomic E-state index is -0.154. The van der Waals surface area contributed by atoms with Gasteiger partial charge in [0.1, 0.15) is 4.60 Å². The van der Waals surface area contributed by atoms with Gasteiger partial charge in [0.2, 0.25) is 5.91 Å². The summed E-state index contributed by atoms with van der Waals surface area (Å²) in [7, 11) is 0. The Morgan fingerprint density at radius 2 is 2.39 bits per heavy atom. The fourth-order valence-electron chi connectivity index (χ4n) is 2.34. The first-order valence-electron chi connectivity index (χ1n) is 6.15. The maximum atomic E-state index is 12.3. The second-order valence-electron chi connectivity index (χ2n) is 5.31. The number of carbonyl (C=O) groups is 1. The molecule has 1 aliphatic rings. The summed E-state index contributed by atoms with van der Waals surface area (Å²) >= 11 is 3.33. The predicted molar refractivity (Wildman–Crippen MR) is 75.4 cm³/mol. The van der Waals surface area contributed by atoms with Gasteiger partial charge in [-0.2, -0.15) is 0 Å². The number of pyridine rings is 1. The molecule has 1 unspecified atom stereocenters. The van der Waals surface area contributed by atoms with Crippen LogP contribution >= 0.6 is 15.9 Å². The number of rotatable bonds is 2. The van der Waals surface area contributed by atoms with Gasteiger partial charge in [0.25, 0.3) is 0 Å². The lowest BCUT2D eigenvalue weighted by molar-refractivity contribution is -0.121. The van der Waals surface area contributed by atoms with Crippen LogP contribution in [0, 0.1) is 5.41 Å². The molecule has 2 N–H and O–H groups in total. The van der Waals surface area contributed by atoms with E-state index >= 15 is 0 Å². The van der Waals surface area contributed by atoms with Crippen molar-refractivity contribution in [3.05, 3.63) is 22.9 Å². The summed E-state index contributed by atoms with van der Waals surface area (Å²) in [6.07, 6.45) is 3.86. The Balaban J connectivity index is 2.10. The summed E-state index contributed by atoms with van der Waals surface area (Å²) in [5, 5.41) is 6.23. The third-order valence-electron chi connectivity index (χ3n) is 3.41. The number of nitrogens with one attached hydrogen (secondary N) is 2. The Labute approximate surface area is 116 Å².